The van der Waals surface area contributed by atoms with Crippen LogP contribution < -0.4 is 0 Å². The molecule has 4 rings (SSSR count). The molecule has 162 valence electrons. The van der Waals surface area contributed by atoms with E-state index in [1.807, 2.05) is 30.3 Å². The molecule has 0 aliphatic carbocycles. The zero-order chi connectivity index (χ0) is 21.2. The third-order valence-corrected chi connectivity index (χ3v) is 6.13. The zero-order valence-corrected chi connectivity index (χ0v) is 17.2. The van der Waals surface area contributed by atoms with Gasteiger partial charge in [-0.2, -0.15) is 8.42 Å². The molecule has 9 nitrogen and oxygen atoms in total. The standard InChI is InChI=1S/C18H23NO4.CH4O4S/c1-2-19-14-8-12(9-15(19)17-16(14)23-17)22-18(21)13(10-20)11-6-4-3-5-7-11;1-5-6(2,3)4/h3-7,12-17,20H,2,8-10H2,1H3;1H3,(H,2,3,4). The molecule has 5 unspecified atom stereocenters. The highest BCUT2D eigenvalue weighted by Crippen LogP contribution is 2.48. The number of esters is 1. The predicted molar refractivity (Wildman–Crippen MR) is 103 cm³/mol. The van der Waals surface area contributed by atoms with Crippen LogP contribution in [0.2, 0.25) is 0 Å². The molecule has 10 heteroatoms. The molecule has 3 aliphatic heterocycles. The van der Waals surface area contributed by atoms with Crippen molar-refractivity contribution in [1.29, 1.82) is 0 Å². The smallest absolute Gasteiger partial charge is 0.397 e. The van der Waals surface area contributed by atoms with Crippen LogP contribution in [0.25, 0.3) is 0 Å². The van der Waals surface area contributed by atoms with Crippen LogP contribution in [0, 0.1) is 0 Å². The van der Waals surface area contributed by atoms with Crippen molar-refractivity contribution in [2.45, 2.75) is 56.1 Å². The van der Waals surface area contributed by atoms with Gasteiger partial charge in [-0.3, -0.25) is 18.4 Å². The monoisotopic (exact) mass is 429 g/mol. The number of nitrogens with zero attached hydrogens (tertiary/aromatic N) is 1. The van der Waals surface area contributed by atoms with E-state index in [4.69, 9.17) is 14.0 Å². The Morgan fingerprint density at radius 2 is 1.79 bits per heavy atom. The number of hydrogen-bond acceptors (Lipinski definition) is 8. The van der Waals surface area contributed by atoms with E-state index in [1.54, 1.807) is 0 Å². The lowest BCUT2D eigenvalue weighted by Crippen LogP contribution is -2.50. The lowest BCUT2D eigenvalue weighted by Gasteiger charge is -2.40. The fourth-order valence-electron chi connectivity index (χ4n) is 4.37. The zero-order valence-electron chi connectivity index (χ0n) is 16.4. The first kappa shape index (κ1) is 22.1. The van der Waals surface area contributed by atoms with Crippen molar-refractivity contribution in [3.63, 3.8) is 0 Å². The van der Waals surface area contributed by atoms with Gasteiger partial charge in [-0.05, 0) is 12.1 Å². The summed E-state index contributed by atoms with van der Waals surface area (Å²) in [6.45, 7) is 2.97. The Labute approximate surface area is 170 Å². The normalized spacial score (nSPS) is 31.2. The van der Waals surface area contributed by atoms with Crippen LogP contribution in [0.1, 0.15) is 31.2 Å². The number of hydrogen-bond donors (Lipinski definition) is 2. The van der Waals surface area contributed by atoms with Gasteiger partial charge in [0.25, 0.3) is 0 Å². The van der Waals surface area contributed by atoms with Gasteiger partial charge in [-0.25, -0.2) is 0 Å². The first-order chi connectivity index (χ1) is 13.8. The molecule has 3 fully saturated rings. The van der Waals surface area contributed by atoms with E-state index < -0.39 is 16.3 Å². The number of rotatable bonds is 6. The minimum absolute atomic E-state index is 0.0607. The summed E-state index contributed by atoms with van der Waals surface area (Å²) in [5, 5.41) is 9.60. The first-order valence-electron chi connectivity index (χ1n) is 9.59. The molecule has 0 aromatic heterocycles. The molecule has 0 radical (unpaired) electrons. The average Bonchev–Trinajstić information content (AvgIpc) is 3.46. The number of morpholine rings is 1. The van der Waals surface area contributed by atoms with Gasteiger partial charge in [0.1, 0.15) is 24.2 Å². The lowest BCUT2D eigenvalue weighted by molar-refractivity contribution is -0.157. The Kier molecular flexibility index (Phi) is 6.92. The summed E-state index contributed by atoms with van der Waals surface area (Å²) < 4.78 is 41.2. The molecule has 0 spiro atoms. The van der Waals surface area contributed by atoms with Crippen molar-refractivity contribution >= 4 is 16.4 Å². The Bertz CT molecular complexity index is 784. The van der Waals surface area contributed by atoms with Gasteiger partial charge in [0.15, 0.2) is 0 Å². The van der Waals surface area contributed by atoms with E-state index in [2.05, 4.69) is 16.0 Å². The predicted octanol–water partition coefficient (Wildman–Crippen LogP) is 0.744. The highest BCUT2D eigenvalue weighted by Gasteiger charge is 2.63. The van der Waals surface area contributed by atoms with Gasteiger partial charge >= 0.3 is 16.4 Å². The van der Waals surface area contributed by atoms with Crippen molar-refractivity contribution in [2.75, 3.05) is 20.3 Å². The average molecular weight is 429 g/mol. The van der Waals surface area contributed by atoms with Crippen LogP contribution in [0.15, 0.2) is 30.3 Å². The molecule has 3 aliphatic rings. The van der Waals surface area contributed by atoms with E-state index in [-0.39, 0.29) is 18.7 Å². The van der Waals surface area contributed by atoms with Gasteiger partial charge in [0.05, 0.1) is 13.7 Å². The number of carbonyl (C=O) groups is 1. The largest absolute Gasteiger partial charge is 0.462 e. The molecule has 29 heavy (non-hydrogen) atoms. The Balaban J connectivity index is 0.000000353. The minimum Gasteiger partial charge on any atom is -0.462 e. The fourth-order valence-corrected chi connectivity index (χ4v) is 4.37. The molecule has 1 aromatic carbocycles. The molecule has 3 saturated heterocycles. The van der Waals surface area contributed by atoms with Crippen LogP contribution in [0.3, 0.4) is 0 Å². The Morgan fingerprint density at radius 3 is 2.24 bits per heavy atom. The number of likely N-dealkylation sites (N-methyl/N-ethyl adjacent to an activating group) is 1. The highest BCUT2D eigenvalue weighted by atomic mass is 32.3. The highest BCUT2D eigenvalue weighted by molar-refractivity contribution is 7.80. The molecule has 5 atom stereocenters. The number of piperidine rings is 1. The summed E-state index contributed by atoms with van der Waals surface area (Å²) in [7, 11) is -3.29. The van der Waals surface area contributed by atoms with Crippen molar-refractivity contribution < 1.29 is 36.5 Å². The number of fused-ring (bicyclic) bond motifs is 5. The van der Waals surface area contributed by atoms with E-state index >= 15 is 0 Å². The maximum Gasteiger partial charge on any atom is 0.397 e. The van der Waals surface area contributed by atoms with Crippen LogP contribution in [0.4, 0.5) is 0 Å². The van der Waals surface area contributed by atoms with Crippen molar-refractivity contribution in [2.24, 2.45) is 0 Å². The Morgan fingerprint density at radius 1 is 1.24 bits per heavy atom. The fraction of sp³-hybridized carbons (Fsp3) is 0.632. The summed E-state index contributed by atoms with van der Waals surface area (Å²) in [6, 6.07) is 10.1. The first-order valence-corrected chi connectivity index (χ1v) is 11.0. The molecule has 3 heterocycles. The number of epoxide rings is 1. The summed E-state index contributed by atoms with van der Waals surface area (Å²) in [5.74, 6) is -0.911. The van der Waals surface area contributed by atoms with Crippen LogP contribution in [-0.2, 0) is 28.9 Å². The molecular formula is C19H27NO8S. The molecule has 2 bridgehead atoms. The molecule has 1 aromatic rings. The summed E-state index contributed by atoms with van der Waals surface area (Å²) in [4.78, 5) is 15.0. The third-order valence-electron chi connectivity index (χ3n) is 5.71. The number of benzene rings is 1. The number of aliphatic hydroxyl groups is 1. The SMILES string of the molecule is CCN1C2CC(OC(=O)C(CO)c3ccccc3)CC1C1OC12.COS(=O)(=O)O. The van der Waals surface area contributed by atoms with Gasteiger partial charge in [0.2, 0.25) is 0 Å². The third kappa shape index (κ3) is 5.14. The summed E-state index contributed by atoms with van der Waals surface area (Å²) >= 11 is 0. The quantitative estimate of drug-likeness (QED) is 0.382. The van der Waals surface area contributed by atoms with Gasteiger partial charge in [-0.1, -0.05) is 37.3 Å². The summed E-state index contributed by atoms with van der Waals surface area (Å²) in [6.07, 6.45) is 2.29. The molecule has 0 amide bonds. The van der Waals surface area contributed by atoms with Crippen molar-refractivity contribution in [1.82, 2.24) is 4.90 Å². The van der Waals surface area contributed by atoms with Gasteiger partial charge in [-0.15, -0.1) is 0 Å². The van der Waals surface area contributed by atoms with Crippen LogP contribution >= 0.6 is 0 Å². The topological polar surface area (TPSA) is 126 Å². The second-order valence-corrected chi connectivity index (χ2v) is 8.49. The van der Waals surface area contributed by atoms with E-state index in [1.165, 1.54) is 0 Å². The second-order valence-electron chi connectivity index (χ2n) is 7.30. The van der Waals surface area contributed by atoms with Crippen molar-refractivity contribution in [3.8, 4) is 0 Å². The second kappa shape index (κ2) is 9.07. The van der Waals surface area contributed by atoms with E-state index in [0.29, 0.717) is 24.3 Å². The number of aliphatic hydroxyl groups excluding tert-OH is 1. The summed E-state index contributed by atoms with van der Waals surface area (Å²) in [5.41, 5.74) is 0.806. The van der Waals surface area contributed by atoms with Gasteiger partial charge in [0, 0.05) is 24.9 Å². The molecule has 2 N–H and O–H groups in total. The lowest BCUT2D eigenvalue weighted by atomic mass is 9.97. The minimum atomic E-state index is -4.16. The van der Waals surface area contributed by atoms with Crippen molar-refractivity contribution in [3.05, 3.63) is 35.9 Å². The number of ether oxygens (including phenoxy) is 2. The maximum atomic E-state index is 12.5. The number of carbonyl (C=O) groups excluding carboxylic acids is 1. The van der Waals surface area contributed by atoms with E-state index in [9.17, 15) is 18.3 Å². The van der Waals surface area contributed by atoms with Gasteiger partial charge < -0.3 is 14.6 Å². The van der Waals surface area contributed by atoms with Crippen LogP contribution in [-0.4, -0.2) is 79.6 Å². The van der Waals surface area contributed by atoms with E-state index in [0.717, 1.165) is 32.1 Å². The molecule has 0 saturated carbocycles. The molecular weight excluding hydrogens is 402 g/mol. The maximum absolute atomic E-state index is 12.5. The van der Waals surface area contributed by atoms with Crippen LogP contribution in [0.5, 0.6) is 0 Å². The Hall–Kier alpha value is -1.56.